The zero-order valence-corrected chi connectivity index (χ0v) is 14.7. The summed E-state index contributed by atoms with van der Waals surface area (Å²) in [6.07, 6.45) is 7.04. The molecule has 0 spiro atoms. The number of piperidine rings is 1. The molecular weight excluding hydrogens is 242 g/mol. The molecule has 1 aliphatic heterocycles. The van der Waals surface area contributed by atoms with Gasteiger partial charge in [-0.2, -0.15) is 0 Å². The smallest absolute Gasteiger partial charge is 0.0101 e. The Balaban J connectivity index is 2.27. The van der Waals surface area contributed by atoms with E-state index in [0.29, 0.717) is 6.04 Å². The Labute approximate surface area is 127 Å². The van der Waals surface area contributed by atoms with Crippen molar-refractivity contribution in [2.24, 2.45) is 35.5 Å². The van der Waals surface area contributed by atoms with Crippen LogP contribution in [0.2, 0.25) is 0 Å². The van der Waals surface area contributed by atoms with Gasteiger partial charge in [0.25, 0.3) is 0 Å². The van der Waals surface area contributed by atoms with Gasteiger partial charge in [-0.3, -0.25) is 0 Å². The molecule has 0 radical (unpaired) electrons. The standard InChI is InChI=1S/C19H37N/c1-7-16-14(5)15(6)20-17(8-2)19(16)18-12(3)10-9-11-13(18)4/h12-20H,7-11H2,1-6H3. The van der Waals surface area contributed by atoms with Crippen LogP contribution in [-0.4, -0.2) is 12.1 Å². The van der Waals surface area contributed by atoms with E-state index in [2.05, 4.69) is 46.9 Å². The first kappa shape index (κ1) is 16.3. The van der Waals surface area contributed by atoms with Crippen LogP contribution in [0.15, 0.2) is 0 Å². The van der Waals surface area contributed by atoms with Crippen molar-refractivity contribution in [1.82, 2.24) is 5.32 Å². The second-order valence-corrected chi connectivity index (χ2v) is 7.94. The molecule has 2 aliphatic rings. The highest BCUT2D eigenvalue weighted by molar-refractivity contribution is 4.99. The van der Waals surface area contributed by atoms with Crippen molar-refractivity contribution in [3.8, 4) is 0 Å². The van der Waals surface area contributed by atoms with Gasteiger partial charge in [-0.05, 0) is 48.9 Å². The van der Waals surface area contributed by atoms with Crippen LogP contribution < -0.4 is 5.32 Å². The van der Waals surface area contributed by atoms with Crippen LogP contribution in [0, 0.1) is 35.5 Å². The maximum absolute atomic E-state index is 3.97. The Kier molecular flexibility index (Phi) is 5.56. The van der Waals surface area contributed by atoms with E-state index in [0.717, 1.165) is 41.5 Å². The highest BCUT2D eigenvalue weighted by Crippen LogP contribution is 2.48. The molecule has 7 atom stereocenters. The van der Waals surface area contributed by atoms with E-state index in [9.17, 15) is 0 Å². The molecule has 2 rings (SSSR count). The summed E-state index contributed by atoms with van der Waals surface area (Å²) in [5.74, 6) is 5.45. The molecule has 2 fully saturated rings. The molecule has 0 bridgehead atoms. The van der Waals surface area contributed by atoms with Crippen LogP contribution in [0.3, 0.4) is 0 Å². The second kappa shape index (κ2) is 6.81. The van der Waals surface area contributed by atoms with Crippen molar-refractivity contribution in [3.63, 3.8) is 0 Å². The fourth-order valence-corrected chi connectivity index (χ4v) is 5.67. The fraction of sp³-hybridized carbons (Fsp3) is 1.00. The van der Waals surface area contributed by atoms with E-state index < -0.39 is 0 Å². The van der Waals surface area contributed by atoms with Gasteiger partial charge in [0, 0.05) is 12.1 Å². The molecular formula is C19H37N. The van der Waals surface area contributed by atoms with Crippen LogP contribution in [0.1, 0.15) is 73.6 Å². The molecule has 1 nitrogen and oxygen atoms in total. The molecule has 1 saturated heterocycles. The van der Waals surface area contributed by atoms with Gasteiger partial charge in [-0.25, -0.2) is 0 Å². The van der Waals surface area contributed by atoms with Crippen molar-refractivity contribution in [2.45, 2.75) is 85.7 Å². The van der Waals surface area contributed by atoms with Crippen LogP contribution >= 0.6 is 0 Å². The summed E-state index contributed by atoms with van der Waals surface area (Å²) in [7, 11) is 0. The van der Waals surface area contributed by atoms with Crippen molar-refractivity contribution in [2.75, 3.05) is 0 Å². The van der Waals surface area contributed by atoms with Gasteiger partial charge in [0.15, 0.2) is 0 Å². The third-order valence-corrected chi connectivity index (χ3v) is 6.89. The molecule has 0 amide bonds. The minimum atomic E-state index is 0.690. The lowest BCUT2D eigenvalue weighted by atomic mass is 9.57. The third-order valence-electron chi connectivity index (χ3n) is 6.89. The van der Waals surface area contributed by atoms with Crippen LogP contribution in [0.25, 0.3) is 0 Å². The van der Waals surface area contributed by atoms with Gasteiger partial charge in [-0.1, -0.05) is 60.3 Å². The maximum Gasteiger partial charge on any atom is 0.0101 e. The Morgan fingerprint density at radius 1 is 0.850 bits per heavy atom. The number of hydrogen-bond acceptors (Lipinski definition) is 1. The molecule has 1 N–H and O–H groups in total. The summed E-state index contributed by atoms with van der Waals surface area (Å²) in [6.45, 7) is 14.8. The van der Waals surface area contributed by atoms with E-state index >= 15 is 0 Å². The molecule has 0 aromatic heterocycles. The predicted molar refractivity (Wildman–Crippen MR) is 88.8 cm³/mol. The van der Waals surface area contributed by atoms with Gasteiger partial charge >= 0.3 is 0 Å². The van der Waals surface area contributed by atoms with Crippen LogP contribution in [0.5, 0.6) is 0 Å². The molecule has 0 aromatic carbocycles. The van der Waals surface area contributed by atoms with Gasteiger partial charge in [-0.15, -0.1) is 0 Å². The molecule has 118 valence electrons. The average Bonchev–Trinajstić information content (AvgIpc) is 2.42. The lowest BCUT2D eigenvalue weighted by Crippen LogP contribution is -2.58. The van der Waals surface area contributed by atoms with E-state index in [4.69, 9.17) is 0 Å². The molecule has 1 heterocycles. The van der Waals surface area contributed by atoms with E-state index in [1.54, 1.807) is 0 Å². The number of rotatable bonds is 3. The number of nitrogens with one attached hydrogen (secondary N) is 1. The lowest BCUT2D eigenvalue weighted by Gasteiger charge is -2.53. The van der Waals surface area contributed by atoms with Gasteiger partial charge in [0.2, 0.25) is 0 Å². The van der Waals surface area contributed by atoms with Gasteiger partial charge < -0.3 is 5.32 Å². The average molecular weight is 280 g/mol. The minimum absolute atomic E-state index is 0.690. The summed E-state index contributed by atoms with van der Waals surface area (Å²) in [5.41, 5.74) is 0. The molecule has 1 aliphatic carbocycles. The topological polar surface area (TPSA) is 12.0 Å². The van der Waals surface area contributed by atoms with Crippen molar-refractivity contribution < 1.29 is 0 Å². The second-order valence-electron chi connectivity index (χ2n) is 7.94. The first-order valence-electron chi connectivity index (χ1n) is 9.27. The summed E-state index contributed by atoms with van der Waals surface area (Å²) in [4.78, 5) is 0. The third kappa shape index (κ3) is 2.93. The Bertz CT molecular complexity index is 290. The fourth-order valence-electron chi connectivity index (χ4n) is 5.67. The van der Waals surface area contributed by atoms with Crippen LogP contribution in [-0.2, 0) is 0 Å². The quantitative estimate of drug-likeness (QED) is 0.757. The zero-order chi connectivity index (χ0) is 14.9. The highest BCUT2D eigenvalue weighted by Gasteiger charge is 2.46. The molecule has 0 aromatic rings. The van der Waals surface area contributed by atoms with E-state index in [1.165, 1.54) is 32.1 Å². The Morgan fingerprint density at radius 3 is 1.95 bits per heavy atom. The normalized spacial score (nSPS) is 50.1. The highest BCUT2D eigenvalue weighted by atomic mass is 15.0. The molecule has 20 heavy (non-hydrogen) atoms. The summed E-state index contributed by atoms with van der Waals surface area (Å²) >= 11 is 0. The summed E-state index contributed by atoms with van der Waals surface area (Å²) < 4.78 is 0. The van der Waals surface area contributed by atoms with Gasteiger partial charge in [0.1, 0.15) is 0 Å². The van der Waals surface area contributed by atoms with Crippen molar-refractivity contribution in [3.05, 3.63) is 0 Å². The first-order valence-corrected chi connectivity index (χ1v) is 9.27. The molecule has 1 heteroatoms. The summed E-state index contributed by atoms with van der Waals surface area (Å²) in [6, 6.07) is 1.44. The molecule has 7 unspecified atom stereocenters. The largest absolute Gasteiger partial charge is 0.311 e. The zero-order valence-electron chi connectivity index (χ0n) is 14.7. The monoisotopic (exact) mass is 279 g/mol. The maximum atomic E-state index is 3.97. The number of hydrogen-bond donors (Lipinski definition) is 1. The lowest BCUT2D eigenvalue weighted by molar-refractivity contribution is -0.0117. The van der Waals surface area contributed by atoms with E-state index in [-0.39, 0.29) is 0 Å². The van der Waals surface area contributed by atoms with Crippen LogP contribution in [0.4, 0.5) is 0 Å². The SMILES string of the molecule is CCC1NC(C)C(C)C(CC)C1C1C(C)CCCC1C. The first-order chi connectivity index (χ1) is 9.51. The van der Waals surface area contributed by atoms with E-state index in [1.807, 2.05) is 0 Å². The Hall–Kier alpha value is -0.0400. The molecule has 1 saturated carbocycles. The van der Waals surface area contributed by atoms with Crippen molar-refractivity contribution >= 4 is 0 Å². The minimum Gasteiger partial charge on any atom is -0.311 e. The predicted octanol–water partition coefficient (Wildman–Crippen LogP) is 5.11. The van der Waals surface area contributed by atoms with Crippen molar-refractivity contribution in [1.29, 1.82) is 0 Å². The van der Waals surface area contributed by atoms with Gasteiger partial charge in [0.05, 0.1) is 0 Å². The summed E-state index contributed by atoms with van der Waals surface area (Å²) in [5, 5.41) is 3.97. The Morgan fingerprint density at radius 2 is 1.45 bits per heavy atom.